The van der Waals surface area contributed by atoms with Gasteiger partial charge in [-0.2, -0.15) is 11.8 Å². The second kappa shape index (κ2) is 7.10. The molecule has 0 saturated carbocycles. The molecule has 0 spiro atoms. The molecular formula is C16H26N2S2. The zero-order valence-electron chi connectivity index (χ0n) is 12.8. The minimum absolute atomic E-state index is 0.396. The summed E-state index contributed by atoms with van der Waals surface area (Å²) in [4.78, 5) is 3.88. The number of benzene rings is 1. The van der Waals surface area contributed by atoms with Gasteiger partial charge in [0, 0.05) is 46.3 Å². The summed E-state index contributed by atoms with van der Waals surface area (Å²) < 4.78 is 0.396. The lowest BCUT2D eigenvalue weighted by Crippen LogP contribution is -2.28. The number of nitrogens with two attached hydrogens (primary N) is 1. The molecule has 0 radical (unpaired) electrons. The summed E-state index contributed by atoms with van der Waals surface area (Å²) in [6.07, 6.45) is 1.23. The Balaban J connectivity index is 2.25. The van der Waals surface area contributed by atoms with Crippen molar-refractivity contribution in [1.29, 1.82) is 0 Å². The van der Waals surface area contributed by atoms with Crippen molar-refractivity contribution in [1.82, 2.24) is 0 Å². The Hall–Kier alpha value is -0.320. The molecule has 0 atom stereocenters. The van der Waals surface area contributed by atoms with E-state index in [0.717, 1.165) is 18.8 Å². The summed E-state index contributed by atoms with van der Waals surface area (Å²) in [6, 6.07) is 6.62. The molecule has 0 amide bonds. The predicted molar refractivity (Wildman–Crippen MR) is 94.1 cm³/mol. The standard InChI is InChI=1S/C16H26N2S2/c1-4-19-15-7-5-6-14(13(15)12-17)18-9-8-16(2,3)20-11-10-18/h5-7H,4,8-12,17H2,1-3H3. The summed E-state index contributed by atoms with van der Waals surface area (Å²) >= 11 is 3.99. The topological polar surface area (TPSA) is 29.3 Å². The molecule has 0 aromatic heterocycles. The molecular weight excluding hydrogens is 284 g/mol. The average molecular weight is 311 g/mol. The lowest BCUT2D eigenvalue weighted by Gasteiger charge is -2.27. The van der Waals surface area contributed by atoms with Gasteiger partial charge in [-0.25, -0.2) is 0 Å². The van der Waals surface area contributed by atoms with Gasteiger partial charge in [0.1, 0.15) is 0 Å². The van der Waals surface area contributed by atoms with Crippen molar-refractivity contribution in [2.45, 2.75) is 43.4 Å². The second-order valence-electron chi connectivity index (χ2n) is 5.74. The molecule has 1 aliphatic rings. The highest BCUT2D eigenvalue weighted by atomic mass is 32.2. The molecule has 0 unspecified atom stereocenters. The van der Waals surface area contributed by atoms with Gasteiger partial charge in [-0.3, -0.25) is 0 Å². The van der Waals surface area contributed by atoms with Crippen molar-refractivity contribution < 1.29 is 0 Å². The van der Waals surface area contributed by atoms with Crippen LogP contribution in [0.25, 0.3) is 0 Å². The number of nitrogens with zero attached hydrogens (tertiary/aromatic N) is 1. The van der Waals surface area contributed by atoms with Crippen LogP contribution in [0.4, 0.5) is 5.69 Å². The minimum Gasteiger partial charge on any atom is -0.370 e. The highest BCUT2D eigenvalue weighted by molar-refractivity contribution is 8.00. The zero-order valence-corrected chi connectivity index (χ0v) is 14.4. The Kier molecular flexibility index (Phi) is 5.70. The van der Waals surface area contributed by atoms with Crippen molar-refractivity contribution in [2.24, 2.45) is 5.73 Å². The molecule has 1 heterocycles. The highest BCUT2D eigenvalue weighted by Crippen LogP contribution is 2.35. The third-order valence-corrected chi connectivity index (χ3v) is 6.15. The van der Waals surface area contributed by atoms with Gasteiger partial charge in [-0.05, 0) is 24.3 Å². The Morgan fingerprint density at radius 2 is 2.15 bits per heavy atom. The molecule has 1 fully saturated rings. The summed E-state index contributed by atoms with van der Waals surface area (Å²) in [5.74, 6) is 2.29. The first-order valence-corrected chi connectivity index (χ1v) is 9.38. The van der Waals surface area contributed by atoms with Crippen LogP contribution in [0.2, 0.25) is 0 Å². The largest absolute Gasteiger partial charge is 0.370 e. The average Bonchev–Trinajstić information content (AvgIpc) is 2.60. The molecule has 1 saturated heterocycles. The van der Waals surface area contributed by atoms with Crippen molar-refractivity contribution in [3.63, 3.8) is 0 Å². The maximum atomic E-state index is 6.04. The smallest absolute Gasteiger partial charge is 0.0423 e. The van der Waals surface area contributed by atoms with Crippen LogP contribution in [0.15, 0.2) is 23.1 Å². The Morgan fingerprint density at radius 1 is 1.35 bits per heavy atom. The fraction of sp³-hybridized carbons (Fsp3) is 0.625. The normalized spacial score (nSPS) is 18.9. The molecule has 0 aliphatic carbocycles. The molecule has 2 rings (SSSR count). The molecule has 1 aliphatic heterocycles. The van der Waals surface area contributed by atoms with Crippen LogP contribution in [0, 0.1) is 0 Å². The maximum absolute atomic E-state index is 6.04. The van der Waals surface area contributed by atoms with E-state index in [1.807, 2.05) is 11.8 Å². The first-order chi connectivity index (χ1) is 9.57. The quantitative estimate of drug-likeness (QED) is 0.852. The first kappa shape index (κ1) is 16.1. The Morgan fingerprint density at radius 3 is 2.85 bits per heavy atom. The predicted octanol–water partition coefficient (Wildman–Crippen LogP) is 3.98. The van der Waals surface area contributed by atoms with Crippen LogP contribution < -0.4 is 10.6 Å². The summed E-state index contributed by atoms with van der Waals surface area (Å²) in [6.45, 7) is 9.80. The van der Waals surface area contributed by atoms with Gasteiger partial charge < -0.3 is 10.6 Å². The van der Waals surface area contributed by atoms with Gasteiger partial charge in [0.15, 0.2) is 0 Å². The van der Waals surface area contributed by atoms with Crippen LogP contribution in [0.3, 0.4) is 0 Å². The summed E-state index contributed by atoms with van der Waals surface area (Å²) in [5.41, 5.74) is 8.71. The van der Waals surface area contributed by atoms with E-state index in [2.05, 4.69) is 55.6 Å². The van der Waals surface area contributed by atoms with Crippen molar-refractivity contribution in [3.8, 4) is 0 Å². The van der Waals surface area contributed by atoms with Crippen molar-refractivity contribution in [2.75, 3.05) is 29.5 Å². The van der Waals surface area contributed by atoms with Gasteiger partial charge in [0.25, 0.3) is 0 Å². The lowest BCUT2D eigenvalue weighted by atomic mass is 10.1. The van der Waals surface area contributed by atoms with Gasteiger partial charge in [0.05, 0.1) is 0 Å². The minimum atomic E-state index is 0.396. The van der Waals surface area contributed by atoms with E-state index in [-0.39, 0.29) is 0 Å². The molecule has 1 aromatic rings. The van der Waals surface area contributed by atoms with Gasteiger partial charge in [0.2, 0.25) is 0 Å². The third-order valence-electron chi connectivity index (χ3n) is 3.79. The molecule has 2 N–H and O–H groups in total. The molecule has 112 valence electrons. The monoisotopic (exact) mass is 310 g/mol. The van der Waals surface area contributed by atoms with E-state index in [1.165, 1.54) is 28.3 Å². The zero-order chi connectivity index (χ0) is 14.6. The number of thioether (sulfide) groups is 2. The summed E-state index contributed by atoms with van der Waals surface area (Å²) in [5, 5.41) is 0. The Bertz CT molecular complexity index is 446. The summed E-state index contributed by atoms with van der Waals surface area (Å²) in [7, 11) is 0. The number of hydrogen-bond donors (Lipinski definition) is 1. The number of hydrogen-bond acceptors (Lipinski definition) is 4. The van der Waals surface area contributed by atoms with Crippen molar-refractivity contribution >= 4 is 29.2 Å². The van der Waals surface area contributed by atoms with E-state index in [4.69, 9.17) is 5.73 Å². The fourth-order valence-corrected chi connectivity index (χ4v) is 4.56. The second-order valence-corrected chi connectivity index (χ2v) is 8.84. The molecule has 20 heavy (non-hydrogen) atoms. The SMILES string of the molecule is CCSc1cccc(N2CCSC(C)(C)CC2)c1CN. The van der Waals surface area contributed by atoms with E-state index in [0.29, 0.717) is 11.3 Å². The van der Waals surface area contributed by atoms with Crippen LogP contribution in [0.1, 0.15) is 32.8 Å². The van der Waals surface area contributed by atoms with Crippen LogP contribution in [-0.4, -0.2) is 29.3 Å². The van der Waals surface area contributed by atoms with Gasteiger partial charge in [-0.1, -0.05) is 26.8 Å². The van der Waals surface area contributed by atoms with E-state index in [9.17, 15) is 0 Å². The van der Waals surface area contributed by atoms with Gasteiger partial charge in [-0.15, -0.1) is 11.8 Å². The molecule has 2 nitrogen and oxygen atoms in total. The Labute approximate surface area is 131 Å². The van der Waals surface area contributed by atoms with Crippen LogP contribution in [0.5, 0.6) is 0 Å². The van der Waals surface area contributed by atoms with Crippen LogP contribution in [-0.2, 0) is 6.54 Å². The highest BCUT2D eigenvalue weighted by Gasteiger charge is 2.24. The molecule has 4 heteroatoms. The van der Waals surface area contributed by atoms with E-state index >= 15 is 0 Å². The third kappa shape index (κ3) is 3.86. The lowest BCUT2D eigenvalue weighted by molar-refractivity contribution is 0.636. The molecule has 0 bridgehead atoms. The number of rotatable bonds is 4. The molecule has 1 aromatic carbocycles. The first-order valence-electron chi connectivity index (χ1n) is 7.41. The van der Waals surface area contributed by atoms with E-state index < -0.39 is 0 Å². The maximum Gasteiger partial charge on any atom is 0.0423 e. The fourth-order valence-electron chi connectivity index (χ4n) is 2.61. The van der Waals surface area contributed by atoms with Crippen molar-refractivity contribution in [3.05, 3.63) is 23.8 Å². The van der Waals surface area contributed by atoms with Gasteiger partial charge >= 0.3 is 0 Å². The van der Waals surface area contributed by atoms with Crippen LogP contribution >= 0.6 is 23.5 Å². The van der Waals surface area contributed by atoms with E-state index in [1.54, 1.807) is 0 Å². The number of anilines is 1.